The molecule has 3 nitrogen and oxygen atoms in total. The third kappa shape index (κ3) is 3.96. The lowest BCUT2D eigenvalue weighted by molar-refractivity contribution is -0.128. The monoisotopic (exact) mass is 272 g/mol. The molecule has 0 saturated heterocycles. The molecule has 0 aromatic heterocycles. The van der Waals surface area contributed by atoms with Crippen LogP contribution in [0.25, 0.3) is 0 Å². The minimum absolute atomic E-state index is 0.280. The highest BCUT2D eigenvalue weighted by molar-refractivity contribution is 5.78. The van der Waals surface area contributed by atoms with Crippen molar-refractivity contribution in [3.05, 3.63) is 35.4 Å². The van der Waals surface area contributed by atoms with Gasteiger partial charge < -0.3 is 10.6 Å². The third-order valence-electron chi connectivity index (χ3n) is 3.12. The first-order valence-corrected chi connectivity index (χ1v) is 6.07. The van der Waals surface area contributed by atoms with E-state index >= 15 is 0 Å². The molecular formula is C13H15F3N2O. The summed E-state index contributed by atoms with van der Waals surface area (Å²) >= 11 is 0. The molecule has 0 bridgehead atoms. The number of benzene rings is 1. The number of carbonyl (C=O) groups excluding carboxylic acids is 1. The standard InChI is InChI=1S/C13H15F3N2O/c14-13(15,16)8-17-7-12(19)18-6-10-5-9-3-1-2-4-11(9)10/h1-4,10,17H,5-8H2,(H,18,19). The summed E-state index contributed by atoms with van der Waals surface area (Å²) in [5, 5.41) is 4.71. The van der Waals surface area contributed by atoms with Crippen molar-refractivity contribution < 1.29 is 18.0 Å². The minimum atomic E-state index is -4.28. The molecule has 104 valence electrons. The predicted octanol–water partition coefficient (Wildman–Crippen LogP) is 1.59. The highest BCUT2D eigenvalue weighted by Crippen LogP contribution is 2.33. The van der Waals surface area contributed by atoms with E-state index in [1.54, 1.807) is 0 Å². The molecule has 1 atom stereocenters. The number of halogens is 3. The van der Waals surface area contributed by atoms with Gasteiger partial charge in [0.2, 0.25) is 5.91 Å². The molecule has 0 radical (unpaired) electrons. The first-order valence-electron chi connectivity index (χ1n) is 6.07. The molecule has 1 unspecified atom stereocenters. The minimum Gasteiger partial charge on any atom is -0.354 e. The van der Waals surface area contributed by atoms with Gasteiger partial charge >= 0.3 is 6.18 Å². The highest BCUT2D eigenvalue weighted by atomic mass is 19.4. The zero-order chi connectivity index (χ0) is 13.9. The van der Waals surface area contributed by atoms with Crippen molar-refractivity contribution in [2.75, 3.05) is 19.6 Å². The molecule has 2 N–H and O–H groups in total. The summed E-state index contributed by atoms with van der Waals surface area (Å²) in [6.45, 7) is -0.982. The average molecular weight is 272 g/mol. The van der Waals surface area contributed by atoms with Crippen LogP contribution in [0.3, 0.4) is 0 Å². The van der Waals surface area contributed by atoms with E-state index in [0.717, 1.165) is 6.42 Å². The van der Waals surface area contributed by atoms with Crippen LogP contribution in [-0.4, -0.2) is 31.7 Å². The Kier molecular flexibility index (Phi) is 4.09. The van der Waals surface area contributed by atoms with Crippen LogP contribution in [0.1, 0.15) is 17.0 Å². The summed E-state index contributed by atoms with van der Waals surface area (Å²) < 4.78 is 35.6. The Bertz CT molecular complexity index is 459. The van der Waals surface area contributed by atoms with Crippen LogP contribution in [0.5, 0.6) is 0 Å². The Labute approximate surface area is 109 Å². The second-order valence-corrected chi connectivity index (χ2v) is 4.62. The zero-order valence-electron chi connectivity index (χ0n) is 10.3. The summed E-state index contributed by atoms with van der Waals surface area (Å²) in [5.41, 5.74) is 2.49. The molecule has 0 aliphatic heterocycles. The van der Waals surface area contributed by atoms with Crippen LogP contribution in [0.15, 0.2) is 24.3 Å². The molecule has 0 fully saturated rings. The lowest BCUT2D eigenvalue weighted by atomic mass is 9.77. The molecule has 0 saturated carbocycles. The third-order valence-corrected chi connectivity index (χ3v) is 3.12. The van der Waals surface area contributed by atoms with Crippen LogP contribution < -0.4 is 10.6 Å². The topological polar surface area (TPSA) is 41.1 Å². The van der Waals surface area contributed by atoms with Crippen LogP contribution >= 0.6 is 0 Å². The van der Waals surface area contributed by atoms with Gasteiger partial charge in [0.05, 0.1) is 13.1 Å². The number of rotatable bonds is 5. The second kappa shape index (κ2) is 5.61. The lowest BCUT2D eigenvalue weighted by Crippen LogP contribution is -2.40. The molecule has 1 aliphatic carbocycles. The maximum absolute atomic E-state index is 11.9. The summed E-state index contributed by atoms with van der Waals surface area (Å²) in [7, 11) is 0. The number of fused-ring (bicyclic) bond motifs is 1. The van der Waals surface area contributed by atoms with Gasteiger partial charge in [-0.25, -0.2) is 0 Å². The molecule has 0 heterocycles. The Morgan fingerprint density at radius 3 is 2.74 bits per heavy atom. The van der Waals surface area contributed by atoms with Gasteiger partial charge in [-0.15, -0.1) is 0 Å². The van der Waals surface area contributed by atoms with Gasteiger partial charge in [0.1, 0.15) is 0 Å². The summed E-state index contributed by atoms with van der Waals surface area (Å²) in [4.78, 5) is 11.3. The van der Waals surface area contributed by atoms with Gasteiger partial charge in [0.15, 0.2) is 0 Å². The maximum Gasteiger partial charge on any atom is 0.401 e. The van der Waals surface area contributed by atoms with Crippen molar-refractivity contribution in [2.24, 2.45) is 0 Å². The summed E-state index contributed by atoms with van der Waals surface area (Å²) in [5.74, 6) is -0.128. The van der Waals surface area contributed by atoms with Gasteiger partial charge in [-0.2, -0.15) is 13.2 Å². The second-order valence-electron chi connectivity index (χ2n) is 4.62. The molecule has 6 heteroatoms. The van der Waals surface area contributed by atoms with E-state index in [1.807, 2.05) is 24.3 Å². The normalized spacial score (nSPS) is 17.5. The number of nitrogens with one attached hydrogen (secondary N) is 2. The SMILES string of the molecule is O=C(CNCC(F)(F)F)NCC1Cc2ccccc21. The van der Waals surface area contributed by atoms with Crippen molar-refractivity contribution in [3.63, 3.8) is 0 Å². The average Bonchev–Trinajstić information content (AvgIpc) is 2.28. The lowest BCUT2D eigenvalue weighted by Gasteiger charge is -2.30. The number of hydrogen-bond donors (Lipinski definition) is 2. The van der Waals surface area contributed by atoms with E-state index in [1.165, 1.54) is 11.1 Å². The summed E-state index contributed by atoms with van der Waals surface area (Å²) in [6, 6.07) is 7.96. The van der Waals surface area contributed by atoms with Crippen LogP contribution in [0.4, 0.5) is 13.2 Å². The van der Waals surface area contributed by atoms with E-state index in [-0.39, 0.29) is 12.5 Å². The zero-order valence-corrected chi connectivity index (χ0v) is 10.3. The van der Waals surface area contributed by atoms with Crippen LogP contribution in [-0.2, 0) is 11.2 Å². The fourth-order valence-electron chi connectivity index (χ4n) is 2.16. The highest BCUT2D eigenvalue weighted by Gasteiger charge is 2.27. The van der Waals surface area contributed by atoms with Crippen molar-refractivity contribution >= 4 is 5.91 Å². The molecule has 2 rings (SSSR count). The van der Waals surface area contributed by atoms with E-state index < -0.39 is 18.6 Å². The number of hydrogen-bond acceptors (Lipinski definition) is 2. The van der Waals surface area contributed by atoms with Gasteiger partial charge in [-0.05, 0) is 17.5 Å². The number of amides is 1. The van der Waals surface area contributed by atoms with Crippen molar-refractivity contribution in [3.8, 4) is 0 Å². The Balaban J connectivity index is 1.66. The molecule has 1 amide bonds. The molecule has 1 aromatic carbocycles. The first kappa shape index (κ1) is 13.9. The Hall–Kier alpha value is -1.56. The molecule has 1 aromatic rings. The summed E-state index contributed by atoms with van der Waals surface area (Å²) in [6.07, 6.45) is -3.38. The van der Waals surface area contributed by atoms with E-state index in [0.29, 0.717) is 6.54 Å². The molecule has 19 heavy (non-hydrogen) atoms. The van der Waals surface area contributed by atoms with Crippen LogP contribution in [0, 0.1) is 0 Å². The fourth-order valence-corrected chi connectivity index (χ4v) is 2.16. The van der Waals surface area contributed by atoms with E-state index in [9.17, 15) is 18.0 Å². The molecule has 0 spiro atoms. The van der Waals surface area contributed by atoms with Gasteiger partial charge in [-0.3, -0.25) is 4.79 Å². The van der Waals surface area contributed by atoms with Crippen molar-refractivity contribution in [1.29, 1.82) is 0 Å². The van der Waals surface area contributed by atoms with Gasteiger partial charge in [0, 0.05) is 12.5 Å². The van der Waals surface area contributed by atoms with Gasteiger partial charge in [-0.1, -0.05) is 24.3 Å². The predicted molar refractivity (Wildman–Crippen MR) is 64.8 cm³/mol. The quantitative estimate of drug-likeness (QED) is 0.854. The van der Waals surface area contributed by atoms with Crippen LogP contribution in [0.2, 0.25) is 0 Å². The van der Waals surface area contributed by atoms with E-state index in [2.05, 4.69) is 10.6 Å². The van der Waals surface area contributed by atoms with Crippen molar-refractivity contribution in [1.82, 2.24) is 10.6 Å². The number of alkyl halides is 3. The van der Waals surface area contributed by atoms with Crippen molar-refractivity contribution in [2.45, 2.75) is 18.5 Å². The largest absolute Gasteiger partial charge is 0.401 e. The first-order chi connectivity index (χ1) is 8.96. The molecular weight excluding hydrogens is 257 g/mol. The smallest absolute Gasteiger partial charge is 0.354 e. The Morgan fingerprint density at radius 2 is 2.05 bits per heavy atom. The number of carbonyl (C=O) groups is 1. The van der Waals surface area contributed by atoms with E-state index in [4.69, 9.17) is 0 Å². The van der Waals surface area contributed by atoms with Gasteiger partial charge in [0.25, 0.3) is 0 Å². The maximum atomic E-state index is 11.9. The fraction of sp³-hybridized carbons (Fsp3) is 0.462. The molecule has 1 aliphatic rings. The Morgan fingerprint density at radius 1 is 1.32 bits per heavy atom.